The Morgan fingerprint density at radius 1 is 1.29 bits per heavy atom. The molecule has 1 unspecified atom stereocenters. The van der Waals surface area contributed by atoms with E-state index in [0.29, 0.717) is 10.5 Å². The monoisotopic (exact) mass is 355 g/mol. The Balaban J connectivity index is 1.99. The minimum Gasteiger partial charge on any atom is -0.314 e. The molecule has 0 radical (unpaired) electrons. The summed E-state index contributed by atoms with van der Waals surface area (Å²) >= 11 is 3.40. The van der Waals surface area contributed by atoms with Crippen molar-refractivity contribution >= 4 is 15.9 Å². The summed E-state index contributed by atoms with van der Waals surface area (Å²) < 4.78 is 14.3. The van der Waals surface area contributed by atoms with Gasteiger partial charge in [-0.1, -0.05) is 51.2 Å². The van der Waals surface area contributed by atoms with Crippen molar-refractivity contribution in [3.63, 3.8) is 0 Å². The van der Waals surface area contributed by atoms with Crippen LogP contribution >= 0.6 is 15.9 Å². The normalized spacial score (nSPS) is 17.9. The van der Waals surface area contributed by atoms with Gasteiger partial charge in [0.25, 0.3) is 0 Å². The van der Waals surface area contributed by atoms with Gasteiger partial charge in [-0.3, -0.25) is 0 Å². The van der Waals surface area contributed by atoms with Gasteiger partial charge in [-0.2, -0.15) is 0 Å². The number of hydrogen-bond donors (Lipinski definition) is 1. The van der Waals surface area contributed by atoms with E-state index in [1.165, 1.54) is 44.6 Å². The van der Waals surface area contributed by atoms with Gasteiger partial charge in [0.1, 0.15) is 5.82 Å². The highest BCUT2D eigenvalue weighted by atomic mass is 79.9. The van der Waals surface area contributed by atoms with E-state index in [-0.39, 0.29) is 5.82 Å². The number of halogens is 2. The quantitative estimate of drug-likeness (QED) is 0.683. The molecule has 1 atom stereocenters. The third-order valence-corrected chi connectivity index (χ3v) is 5.41. The molecule has 1 aliphatic rings. The van der Waals surface area contributed by atoms with Crippen molar-refractivity contribution in [2.75, 3.05) is 6.54 Å². The first-order valence-corrected chi connectivity index (χ1v) is 9.16. The van der Waals surface area contributed by atoms with Gasteiger partial charge in [0.15, 0.2) is 0 Å². The summed E-state index contributed by atoms with van der Waals surface area (Å²) in [7, 11) is 0. The van der Waals surface area contributed by atoms with Gasteiger partial charge >= 0.3 is 0 Å². The maximum Gasteiger partial charge on any atom is 0.137 e. The number of nitrogens with one attached hydrogen (secondary N) is 1. The first-order valence-electron chi connectivity index (χ1n) is 8.37. The fourth-order valence-electron chi connectivity index (χ4n) is 3.38. The van der Waals surface area contributed by atoms with E-state index < -0.39 is 0 Å². The predicted molar refractivity (Wildman–Crippen MR) is 91.1 cm³/mol. The van der Waals surface area contributed by atoms with Crippen molar-refractivity contribution in [3.05, 3.63) is 34.1 Å². The van der Waals surface area contributed by atoms with Crippen LogP contribution in [0.2, 0.25) is 0 Å². The largest absolute Gasteiger partial charge is 0.314 e. The lowest BCUT2D eigenvalue weighted by molar-refractivity contribution is 0.296. The Morgan fingerprint density at radius 3 is 2.76 bits per heavy atom. The molecule has 0 saturated heterocycles. The molecular weight excluding hydrogens is 329 g/mol. The van der Waals surface area contributed by atoms with Crippen molar-refractivity contribution in [2.24, 2.45) is 5.92 Å². The van der Waals surface area contributed by atoms with Crippen LogP contribution in [0.4, 0.5) is 4.39 Å². The van der Waals surface area contributed by atoms with Gasteiger partial charge in [-0.25, -0.2) is 4.39 Å². The fraction of sp³-hybridized carbons (Fsp3) is 0.667. The highest BCUT2D eigenvalue weighted by Gasteiger charge is 2.20. The molecule has 1 saturated carbocycles. The fourth-order valence-corrected chi connectivity index (χ4v) is 3.81. The summed E-state index contributed by atoms with van der Waals surface area (Å²) in [4.78, 5) is 0. The first-order chi connectivity index (χ1) is 10.2. The van der Waals surface area contributed by atoms with Crippen LogP contribution in [-0.4, -0.2) is 12.6 Å². The Labute approximate surface area is 136 Å². The van der Waals surface area contributed by atoms with Gasteiger partial charge in [0.05, 0.1) is 4.47 Å². The summed E-state index contributed by atoms with van der Waals surface area (Å²) in [5.41, 5.74) is 1.08. The van der Waals surface area contributed by atoms with E-state index >= 15 is 0 Å². The molecule has 3 heteroatoms. The zero-order valence-corrected chi connectivity index (χ0v) is 14.6. The third kappa shape index (κ3) is 5.37. The molecular formula is C18H27BrFN. The lowest BCUT2D eigenvalue weighted by atomic mass is 9.83. The summed E-state index contributed by atoms with van der Waals surface area (Å²) in [6.07, 6.45) is 10.2. The Kier molecular flexibility index (Phi) is 7.18. The molecule has 0 amide bonds. The SMILES string of the molecule is CCCNC(Cc1cccc(F)c1Br)CC1CCCCC1. The molecule has 21 heavy (non-hydrogen) atoms. The van der Waals surface area contributed by atoms with Crippen molar-refractivity contribution in [1.82, 2.24) is 5.32 Å². The molecule has 1 aromatic carbocycles. The Hall–Kier alpha value is -0.410. The van der Waals surface area contributed by atoms with E-state index in [2.05, 4.69) is 28.2 Å². The zero-order valence-electron chi connectivity index (χ0n) is 13.0. The molecule has 0 aliphatic heterocycles. The molecule has 1 fully saturated rings. The number of benzene rings is 1. The minimum atomic E-state index is -0.153. The second-order valence-electron chi connectivity index (χ2n) is 6.31. The molecule has 0 aromatic heterocycles. The molecule has 2 rings (SSSR count). The van der Waals surface area contributed by atoms with Crippen molar-refractivity contribution in [1.29, 1.82) is 0 Å². The topological polar surface area (TPSA) is 12.0 Å². The lowest BCUT2D eigenvalue weighted by Crippen LogP contribution is -2.34. The van der Waals surface area contributed by atoms with Crippen LogP contribution < -0.4 is 5.32 Å². The van der Waals surface area contributed by atoms with Crippen LogP contribution in [0.5, 0.6) is 0 Å². The van der Waals surface area contributed by atoms with Gasteiger partial charge in [-0.15, -0.1) is 0 Å². The minimum absolute atomic E-state index is 0.153. The molecule has 1 aliphatic carbocycles. The summed E-state index contributed by atoms with van der Waals surface area (Å²) in [5, 5.41) is 3.67. The predicted octanol–water partition coefficient (Wildman–Crippen LogP) is 5.47. The molecule has 1 nitrogen and oxygen atoms in total. The van der Waals surface area contributed by atoms with E-state index in [1.807, 2.05) is 12.1 Å². The van der Waals surface area contributed by atoms with Crippen molar-refractivity contribution in [3.8, 4) is 0 Å². The first kappa shape index (κ1) is 17.0. The van der Waals surface area contributed by atoms with E-state index in [1.54, 1.807) is 0 Å². The maximum atomic E-state index is 13.7. The molecule has 1 aromatic rings. The lowest BCUT2D eigenvalue weighted by Gasteiger charge is -2.27. The second-order valence-corrected chi connectivity index (χ2v) is 7.10. The summed E-state index contributed by atoms with van der Waals surface area (Å²) in [5.74, 6) is 0.694. The molecule has 118 valence electrons. The van der Waals surface area contributed by atoms with Crippen LogP contribution in [0.3, 0.4) is 0 Å². The average Bonchev–Trinajstić information content (AvgIpc) is 2.50. The van der Waals surface area contributed by atoms with Crippen LogP contribution in [0, 0.1) is 11.7 Å². The molecule has 0 bridgehead atoms. The number of hydrogen-bond acceptors (Lipinski definition) is 1. The summed E-state index contributed by atoms with van der Waals surface area (Å²) in [6.45, 7) is 3.24. The van der Waals surface area contributed by atoms with E-state index in [4.69, 9.17) is 0 Å². The van der Waals surface area contributed by atoms with E-state index in [9.17, 15) is 4.39 Å². The van der Waals surface area contributed by atoms with Crippen LogP contribution in [-0.2, 0) is 6.42 Å². The standard InChI is InChI=1S/C18H27BrFN/c1-2-11-21-16(12-14-7-4-3-5-8-14)13-15-9-6-10-17(20)18(15)19/h6,9-10,14,16,21H,2-5,7-8,11-13H2,1H3. The van der Waals surface area contributed by atoms with Gasteiger partial charge in [-0.05, 0) is 59.3 Å². The van der Waals surface area contributed by atoms with Crippen molar-refractivity contribution < 1.29 is 4.39 Å². The molecule has 0 spiro atoms. The van der Waals surface area contributed by atoms with Crippen LogP contribution in [0.25, 0.3) is 0 Å². The van der Waals surface area contributed by atoms with Crippen molar-refractivity contribution in [2.45, 2.75) is 64.3 Å². The zero-order chi connectivity index (χ0) is 15.1. The highest BCUT2D eigenvalue weighted by molar-refractivity contribution is 9.10. The third-order valence-electron chi connectivity index (χ3n) is 4.52. The second kappa shape index (κ2) is 8.89. The Bertz CT molecular complexity index is 429. The summed E-state index contributed by atoms with van der Waals surface area (Å²) in [6, 6.07) is 5.83. The molecule has 0 heterocycles. The number of rotatable bonds is 7. The Morgan fingerprint density at radius 2 is 2.05 bits per heavy atom. The highest BCUT2D eigenvalue weighted by Crippen LogP contribution is 2.29. The van der Waals surface area contributed by atoms with E-state index in [0.717, 1.165) is 30.9 Å². The average molecular weight is 356 g/mol. The van der Waals surface area contributed by atoms with Crippen LogP contribution in [0.15, 0.2) is 22.7 Å². The smallest absolute Gasteiger partial charge is 0.137 e. The molecule has 1 N–H and O–H groups in total. The maximum absolute atomic E-state index is 13.7. The van der Waals surface area contributed by atoms with Gasteiger partial charge in [0, 0.05) is 6.04 Å². The van der Waals surface area contributed by atoms with Gasteiger partial charge in [0.2, 0.25) is 0 Å². The van der Waals surface area contributed by atoms with Gasteiger partial charge < -0.3 is 5.32 Å². The van der Waals surface area contributed by atoms with Crippen LogP contribution in [0.1, 0.15) is 57.4 Å².